The summed E-state index contributed by atoms with van der Waals surface area (Å²) in [6.45, 7) is 8.96. The molecular formula is C9H20O2Si. The van der Waals surface area contributed by atoms with E-state index in [-0.39, 0.29) is 5.41 Å². The van der Waals surface area contributed by atoms with Crippen LogP contribution in [-0.2, 0) is 4.74 Å². The van der Waals surface area contributed by atoms with Gasteiger partial charge in [-0.05, 0) is 12.5 Å². The first-order valence-electron chi connectivity index (χ1n) is 4.66. The van der Waals surface area contributed by atoms with Crippen LogP contribution in [0.15, 0.2) is 0 Å². The molecule has 0 aromatic rings. The second-order valence-corrected chi connectivity index (χ2v) is 10.7. The second kappa shape index (κ2) is 3.48. The normalized spacial score (nSPS) is 31.0. The van der Waals surface area contributed by atoms with E-state index < -0.39 is 8.07 Å². The topological polar surface area (TPSA) is 29.5 Å². The monoisotopic (exact) mass is 188 g/mol. The lowest BCUT2D eigenvalue weighted by Crippen LogP contribution is -2.35. The quantitative estimate of drug-likeness (QED) is 0.683. The Hall–Kier alpha value is 0.137. The number of hydrogen-bond acceptors (Lipinski definition) is 2. The number of aliphatic hydroxyl groups is 1. The lowest BCUT2D eigenvalue weighted by molar-refractivity contribution is 0.106. The molecule has 1 aliphatic rings. The van der Waals surface area contributed by atoms with Crippen molar-refractivity contribution in [3.63, 3.8) is 0 Å². The van der Waals surface area contributed by atoms with Gasteiger partial charge < -0.3 is 9.84 Å². The van der Waals surface area contributed by atoms with Gasteiger partial charge in [-0.1, -0.05) is 19.6 Å². The van der Waals surface area contributed by atoms with Gasteiger partial charge in [0.2, 0.25) is 0 Å². The summed E-state index contributed by atoms with van der Waals surface area (Å²) in [7, 11) is -1.06. The molecule has 1 aliphatic heterocycles. The number of rotatable bonds is 3. The molecular weight excluding hydrogens is 168 g/mol. The number of aliphatic hydroxyl groups excluding tert-OH is 1. The fraction of sp³-hybridized carbons (Fsp3) is 1.00. The van der Waals surface area contributed by atoms with Crippen LogP contribution in [0.1, 0.15) is 6.42 Å². The van der Waals surface area contributed by atoms with Crippen LogP contribution in [0.3, 0.4) is 0 Å². The van der Waals surface area contributed by atoms with Crippen LogP contribution in [-0.4, -0.2) is 33.0 Å². The van der Waals surface area contributed by atoms with Gasteiger partial charge in [0.1, 0.15) is 0 Å². The molecule has 0 bridgehead atoms. The van der Waals surface area contributed by atoms with E-state index in [1.54, 1.807) is 0 Å². The van der Waals surface area contributed by atoms with E-state index in [9.17, 15) is 5.11 Å². The first-order chi connectivity index (χ1) is 5.47. The third-order valence-corrected chi connectivity index (χ3v) is 4.24. The van der Waals surface area contributed by atoms with E-state index in [2.05, 4.69) is 19.6 Å². The molecule has 72 valence electrons. The minimum Gasteiger partial charge on any atom is -0.396 e. The molecule has 0 aromatic carbocycles. The van der Waals surface area contributed by atoms with E-state index in [0.29, 0.717) is 6.61 Å². The van der Waals surface area contributed by atoms with Crippen molar-refractivity contribution in [1.29, 1.82) is 0 Å². The highest BCUT2D eigenvalue weighted by atomic mass is 28.3. The van der Waals surface area contributed by atoms with Crippen LogP contribution >= 0.6 is 0 Å². The minimum atomic E-state index is -1.06. The molecule has 1 saturated heterocycles. The maximum absolute atomic E-state index is 9.32. The molecule has 0 aromatic heterocycles. The maximum Gasteiger partial charge on any atom is 0.0542 e. The van der Waals surface area contributed by atoms with Gasteiger partial charge in [-0.25, -0.2) is 0 Å². The molecule has 1 N–H and O–H groups in total. The highest BCUT2D eigenvalue weighted by Crippen LogP contribution is 2.36. The van der Waals surface area contributed by atoms with Gasteiger partial charge >= 0.3 is 0 Å². The molecule has 1 unspecified atom stereocenters. The molecule has 0 spiro atoms. The smallest absolute Gasteiger partial charge is 0.0542 e. The number of hydrogen-bond donors (Lipinski definition) is 1. The van der Waals surface area contributed by atoms with E-state index in [1.807, 2.05) is 0 Å². The Labute approximate surface area is 75.9 Å². The second-order valence-electron chi connectivity index (χ2n) is 5.20. The Morgan fingerprint density at radius 2 is 2.08 bits per heavy atom. The van der Waals surface area contributed by atoms with Crippen molar-refractivity contribution in [3.05, 3.63) is 0 Å². The molecule has 0 radical (unpaired) electrons. The van der Waals surface area contributed by atoms with Crippen molar-refractivity contribution in [2.75, 3.05) is 19.8 Å². The predicted octanol–water partition coefficient (Wildman–Crippen LogP) is 1.72. The van der Waals surface area contributed by atoms with Gasteiger partial charge in [0.25, 0.3) is 0 Å². The lowest BCUT2D eigenvalue weighted by atomic mass is 9.91. The Balaban J connectivity index is 2.55. The van der Waals surface area contributed by atoms with Gasteiger partial charge in [0, 0.05) is 20.1 Å². The van der Waals surface area contributed by atoms with Crippen molar-refractivity contribution in [1.82, 2.24) is 0 Å². The fourth-order valence-electron chi connectivity index (χ4n) is 2.09. The summed E-state index contributed by atoms with van der Waals surface area (Å²) >= 11 is 0. The molecule has 2 nitrogen and oxygen atoms in total. The largest absolute Gasteiger partial charge is 0.396 e. The van der Waals surface area contributed by atoms with Crippen LogP contribution in [0.5, 0.6) is 0 Å². The average molecular weight is 188 g/mol. The van der Waals surface area contributed by atoms with E-state index >= 15 is 0 Å². The Kier molecular flexibility index (Phi) is 2.96. The van der Waals surface area contributed by atoms with Crippen LogP contribution in [0.4, 0.5) is 0 Å². The van der Waals surface area contributed by atoms with Crippen molar-refractivity contribution < 1.29 is 9.84 Å². The average Bonchev–Trinajstić information content (AvgIpc) is 2.34. The molecule has 1 fully saturated rings. The number of ether oxygens (including phenoxy) is 1. The van der Waals surface area contributed by atoms with Crippen LogP contribution in [0.2, 0.25) is 25.7 Å². The van der Waals surface area contributed by atoms with E-state index in [1.165, 1.54) is 6.04 Å². The van der Waals surface area contributed by atoms with Crippen LogP contribution < -0.4 is 0 Å². The van der Waals surface area contributed by atoms with Crippen molar-refractivity contribution in [2.45, 2.75) is 32.1 Å². The van der Waals surface area contributed by atoms with Gasteiger partial charge in [-0.15, -0.1) is 0 Å². The molecule has 1 heterocycles. The third-order valence-electron chi connectivity index (χ3n) is 2.43. The molecule has 1 atom stereocenters. The first-order valence-corrected chi connectivity index (χ1v) is 8.37. The van der Waals surface area contributed by atoms with E-state index in [0.717, 1.165) is 19.6 Å². The Morgan fingerprint density at radius 1 is 1.42 bits per heavy atom. The minimum absolute atomic E-state index is 0.116. The third kappa shape index (κ3) is 2.57. The summed E-state index contributed by atoms with van der Waals surface area (Å²) in [5, 5.41) is 9.32. The van der Waals surface area contributed by atoms with Gasteiger partial charge in [-0.3, -0.25) is 0 Å². The predicted molar refractivity (Wildman–Crippen MR) is 53.1 cm³/mol. The molecule has 1 rings (SSSR count). The maximum atomic E-state index is 9.32. The van der Waals surface area contributed by atoms with Gasteiger partial charge in [0.15, 0.2) is 0 Å². The zero-order valence-corrected chi connectivity index (χ0v) is 9.39. The zero-order valence-electron chi connectivity index (χ0n) is 8.39. The standard InChI is InChI=1S/C9H20O2Si/c1-12(2,3)8-9(6-10)4-5-11-7-9/h10H,4-8H2,1-3H3. The highest BCUT2D eigenvalue weighted by molar-refractivity contribution is 6.76. The Morgan fingerprint density at radius 3 is 2.42 bits per heavy atom. The molecule has 12 heavy (non-hydrogen) atoms. The molecule has 3 heteroatoms. The summed E-state index contributed by atoms with van der Waals surface area (Å²) in [4.78, 5) is 0. The Bertz CT molecular complexity index is 145. The molecule has 0 aliphatic carbocycles. The van der Waals surface area contributed by atoms with Crippen LogP contribution in [0, 0.1) is 5.41 Å². The first kappa shape index (κ1) is 10.2. The SMILES string of the molecule is C[Si](C)(C)CC1(CO)CCOC1. The van der Waals surface area contributed by atoms with Crippen molar-refractivity contribution in [3.8, 4) is 0 Å². The summed E-state index contributed by atoms with van der Waals surface area (Å²) in [6, 6.07) is 1.19. The van der Waals surface area contributed by atoms with Crippen molar-refractivity contribution >= 4 is 8.07 Å². The van der Waals surface area contributed by atoms with Crippen LogP contribution in [0.25, 0.3) is 0 Å². The van der Waals surface area contributed by atoms with Crippen molar-refractivity contribution in [2.24, 2.45) is 5.41 Å². The van der Waals surface area contributed by atoms with E-state index in [4.69, 9.17) is 4.74 Å². The lowest BCUT2D eigenvalue weighted by Gasteiger charge is -2.31. The zero-order chi connectivity index (χ0) is 9.24. The summed E-state index contributed by atoms with van der Waals surface area (Å²) in [6.07, 6.45) is 1.05. The summed E-state index contributed by atoms with van der Waals surface area (Å²) in [5.41, 5.74) is 0.116. The molecule has 0 amide bonds. The summed E-state index contributed by atoms with van der Waals surface area (Å²) in [5.74, 6) is 0. The van der Waals surface area contributed by atoms with Gasteiger partial charge in [0.05, 0.1) is 13.2 Å². The van der Waals surface area contributed by atoms with Gasteiger partial charge in [-0.2, -0.15) is 0 Å². The molecule has 0 saturated carbocycles. The fourth-order valence-corrected chi connectivity index (χ4v) is 4.74. The summed E-state index contributed by atoms with van der Waals surface area (Å²) < 4.78 is 5.36. The highest BCUT2D eigenvalue weighted by Gasteiger charge is 2.38.